The Balaban J connectivity index is 2.14. The fourth-order valence-corrected chi connectivity index (χ4v) is 2.95. The van der Waals surface area contributed by atoms with Gasteiger partial charge in [0.1, 0.15) is 5.82 Å². The summed E-state index contributed by atoms with van der Waals surface area (Å²) in [5.74, 6) is 1.53. The van der Waals surface area contributed by atoms with Crippen molar-refractivity contribution in [3.8, 4) is 0 Å². The maximum Gasteiger partial charge on any atom is 0.244 e. The number of hydrogen-bond donors (Lipinski definition) is 1. The third-order valence-corrected chi connectivity index (χ3v) is 3.98. The van der Waals surface area contributed by atoms with Gasteiger partial charge in [0.25, 0.3) is 0 Å². The Morgan fingerprint density at radius 1 is 1.61 bits per heavy atom. The van der Waals surface area contributed by atoms with Crippen LogP contribution in [0.1, 0.15) is 6.92 Å². The summed E-state index contributed by atoms with van der Waals surface area (Å²) in [6.45, 7) is 3.30. The number of likely N-dealkylation sites (N-methyl/N-ethyl adjacent to an activating group) is 1. The van der Waals surface area contributed by atoms with Gasteiger partial charge in [0.15, 0.2) is 0 Å². The summed E-state index contributed by atoms with van der Waals surface area (Å²) in [6.07, 6.45) is 0. The molecule has 1 fully saturated rings. The molecular formula is C13H17FN2OS. The lowest BCUT2D eigenvalue weighted by molar-refractivity contribution is -0.120. The number of amides is 1. The number of benzene rings is 1. The molecule has 1 amide bonds. The molecule has 5 heteroatoms. The maximum atomic E-state index is 13.2. The van der Waals surface area contributed by atoms with Gasteiger partial charge in [-0.3, -0.25) is 4.79 Å². The van der Waals surface area contributed by atoms with Gasteiger partial charge in [0, 0.05) is 30.3 Å². The molecule has 1 aromatic rings. The summed E-state index contributed by atoms with van der Waals surface area (Å²) in [6, 6.07) is 6.02. The summed E-state index contributed by atoms with van der Waals surface area (Å²) >= 11 is 1.77. The predicted molar refractivity (Wildman–Crippen MR) is 73.5 cm³/mol. The van der Waals surface area contributed by atoms with Crippen molar-refractivity contribution in [1.82, 2.24) is 5.32 Å². The molecule has 3 nitrogen and oxygen atoms in total. The molecule has 1 unspecified atom stereocenters. The van der Waals surface area contributed by atoms with E-state index in [-0.39, 0.29) is 17.8 Å². The molecule has 0 radical (unpaired) electrons. The highest BCUT2D eigenvalue weighted by Crippen LogP contribution is 2.18. The molecule has 18 heavy (non-hydrogen) atoms. The van der Waals surface area contributed by atoms with Crippen molar-refractivity contribution in [3.63, 3.8) is 0 Å². The Hall–Kier alpha value is -1.07. The first-order chi connectivity index (χ1) is 8.72. The summed E-state index contributed by atoms with van der Waals surface area (Å²) in [7, 11) is 0. The molecule has 0 saturated carbocycles. The van der Waals surface area contributed by atoms with Gasteiger partial charge >= 0.3 is 0 Å². The molecule has 0 bridgehead atoms. The number of carbonyl (C=O) groups excluding carboxylic acids is 1. The molecule has 1 saturated heterocycles. The van der Waals surface area contributed by atoms with Gasteiger partial charge in [-0.25, -0.2) is 4.39 Å². The maximum absolute atomic E-state index is 13.2. The van der Waals surface area contributed by atoms with Crippen LogP contribution >= 0.6 is 11.8 Å². The van der Waals surface area contributed by atoms with Crippen molar-refractivity contribution in [2.24, 2.45) is 0 Å². The molecule has 0 spiro atoms. The van der Waals surface area contributed by atoms with E-state index in [0.29, 0.717) is 12.2 Å². The van der Waals surface area contributed by atoms with Crippen molar-refractivity contribution in [1.29, 1.82) is 0 Å². The van der Waals surface area contributed by atoms with Crippen LogP contribution in [0.15, 0.2) is 24.3 Å². The molecule has 1 heterocycles. The molecule has 1 aliphatic heterocycles. The van der Waals surface area contributed by atoms with Crippen LogP contribution in [0.25, 0.3) is 0 Å². The van der Waals surface area contributed by atoms with E-state index in [4.69, 9.17) is 0 Å². The minimum Gasteiger partial charge on any atom is -0.311 e. The first-order valence-corrected chi connectivity index (χ1v) is 7.26. The zero-order valence-electron chi connectivity index (χ0n) is 10.4. The summed E-state index contributed by atoms with van der Waals surface area (Å²) < 4.78 is 13.2. The van der Waals surface area contributed by atoms with Crippen molar-refractivity contribution in [2.45, 2.75) is 13.0 Å². The number of thioether (sulfide) groups is 1. The van der Waals surface area contributed by atoms with Gasteiger partial charge in [-0.05, 0) is 25.1 Å². The second kappa shape index (κ2) is 6.20. The largest absolute Gasteiger partial charge is 0.311 e. The summed E-state index contributed by atoms with van der Waals surface area (Å²) in [4.78, 5) is 14.0. The minimum absolute atomic E-state index is 0.0234. The Labute approximate surface area is 111 Å². The van der Waals surface area contributed by atoms with E-state index in [1.807, 2.05) is 6.92 Å². The summed E-state index contributed by atoms with van der Waals surface area (Å²) in [5.41, 5.74) is 0.625. The highest BCUT2D eigenvalue weighted by molar-refractivity contribution is 7.99. The molecule has 2 rings (SSSR count). The van der Waals surface area contributed by atoms with Crippen LogP contribution in [0.2, 0.25) is 0 Å². The van der Waals surface area contributed by atoms with E-state index >= 15 is 0 Å². The average Bonchev–Trinajstić information content (AvgIpc) is 2.40. The van der Waals surface area contributed by atoms with E-state index in [1.54, 1.807) is 28.8 Å². The van der Waals surface area contributed by atoms with E-state index in [1.165, 1.54) is 12.1 Å². The van der Waals surface area contributed by atoms with Crippen molar-refractivity contribution in [2.75, 3.05) is 29.5 Å². The normalized spacial score (nSPS) is 19.6. The van der Waals surface area contributed by atoms with Crippen molar-refractivity contribution in [3.05, 3.63) is 30.1 Å². The van der Waals surface area contributed by atoms with Gasteiger partial charge in [0.05, 0.1) is 6.04 Å². The number of anilines is 1. The molecular weight excluding hydrogens is 251 g/mol. The van der Waals surface area contributed by atoms with E-state index in [2.05, 4.69) is 5.32 Å². The summed E-state index contributed by atoms with van der Waals surface area (Å²) in [5, 5.41) is 3.21. The van der Waals surface area contributed by atoms with Crippen LogP contribution in [0.3, 0.4) is 0 Å². The van der Waals surface area contributed by atoms with E-state index in [9.17, 15) is 9.18 Å². The van der Waals surface area contributed by atoms with Crippen LogP contribution in [-0.4, -0.2) is 36.5 Å². The lowest BCUT2D eigenvalue weighted by Crippen LogP contribution is -2.50. The van der Waals surface area contributed by atoms with Crippen LogP contribution < -0.4 is 10.2 Å². The average molecular weight is 268 g/mol. The topological polar surface area (TPSA) is 32.3 Å². The molecule has 0 aliphatic carbocycles. The number of nitrogens with zero attached hydrogens (tertiary/aromatic N) is 1. The smallest absolute Gasteiger partial charge is 0.244 e. The van der Waals surface area contributed by atoms with E-state index < -0.39 is 0 Å². The lowest BCUT2D eigenvalue weighted by atomic mass is 10.2. The standard InChI is InChI=1S/C13H17FN2OS/c1-2-16(11-5-3-4-10(14)8-11)13(17)12-9-18-7-6-15-12/h3-5,8,12,15H,2,6-7,9H2,1H3. The molecule has 0 aromatic heterocycles. The quantitative estimate of drug-likeness (QED) is 0.908. The molecule has 1 aliphatic rings. The third kappa shape index (κ3) is 3.03. The molecule has 1 atom stereocenters. The van der Waals surface area contributed by atoms with Crippen LogP contribution in [0.4, 0.5) is 10.1 Å². The molecule has 1 aromatic carbocycles. The Morgan fingerprint density at radius 2 is 2.44 bits per heavy atom. The first-order valence-electron chi connectivity index (χ1n) is 6.10. The number of rotatable bonds is 3. The van der Waals surface area contributed by atoms with Gasteiger partial charge in [0.2, 0.25) is 5.91 Å². The third-order valence-electron chi connectivity index (χ3n) is 2.92. The molecule has 1 N–H and O–H groups in total. The SMILES string of the molecule is CCN(C(=O)C1CSCCN1)c1cccc(F)c1. The number of carbonyl (C=O) groups is 1. The van der Waals surface area contributed by atoms with Gasteiger partial charge in [-0.2, -0.15) is 11.8 Å². The number of hydrogen-bond acceptors (Lipinski definition) is 3. The Bertz CT molecular complexity index is 421. The second-order valence-corrected chi connectivity index (χ2v) is 5.29. The van der Waals surface area contributed by atoms with Gasteiger partial charge < -0.3 is 10.2 Å². The van der Waals surface area contributed by atoms with Crippen molar-refractivity contribution < 1.29 is 9.18 Å². The van der Waals surface area contributed by atoms with Crippen molar-refractivity contribution >= 4 is 23.4 Å². The fourth-order valence-electron chi connectivity index (χ4n) is 2.02. The van der Waals surface area contributed by atoms with Crippen LogP contribution in [0.5, 0.6) is 0 Å². The number of halogens is 1. The Morgan fingerprint density at radius 3 is 3.06 bits per heavy atom. The monoisotopic (exact) mass is 268 g/mol. The first kappa shape index (κ1) is 13.4. The van der Waals surface area contributed by atoms with Crippen LogP contribution in [0, 0.1) is 5.82 Å². The predicted octanol–water partition coefficient (Wildman–Crippen LogP) is 1.88. The lowest BCUT2D eigenvalue weighted by Gasteiger charge is -2.29. The van der Waals surface area contributed by atoms with Gasteiger partial charge in [-0.1, -0.05) is 6.07 Å². The highest BCUT2D eigenvalue weighted by Gasteiger charge is 2.26. The zero-order chi connectivity index (χ0) is 13.0. The molecule has 98 valence electrons. The minimum atomic E-state index is -0.315. The second-order valence-electron chi connectivity index (χ2n) is 4.14. The van der Waals surface area contributed by atoms with Crippen LogP contribution in [-0.2, 0) is 4.79 Å². The van der Waals surface area contributed by atoms with E-state index in [0.717, 1.165) is 18.1 Å². The highest BCUT2D eigenvalue weighted by atomic mass is 32.2. The Kier molecular flexibility index (Phi) is 4.60. The number of nitrogens with one attached hydrogen (secondary N) is 1. The zero-order valence-corrected chi connectivity index (χ0v) is 11.2. The van der Waals surface area contributed by atoms with Gasteiger partial charge in [-0.15, -0.1) is 0 Å². The fraction of sp³-hybridized carbons (Fsp3) is 0.462.